The number of aromatic nitrogens is 2. The molecule has 1 aromatic heterocycles. The minimum absolute atomic E-state index is 0.0517. The summed E-state index contributed by atoms with van der Waals surface area (Å²) < 4.78 is 17.8. The second-order valence-corrected chi connectivity index (χ2v) is 5.69. The predicted molar refractivity (Wildman–Crippen MR) is 117 cm³/mol. The molecule has 0 saturated heterocycles. The Morgan fingerprint density at radius 2 is 1.74 bits per heavy atom. The number of nitrogens with zero attached hydrogens (tertiary/aromatic N) is 3. The fourth-order valence-corrected chi connectivity index (χ4v) is 2.14. The number of nitrogens with two attached hydrogens (primary N) is 3. The van der Waals surface area contributed by atoms with Crippen LogP contribution < -0.4 is 17.2 Å². The normalized spacial score (nSPS) is 9.71. The molecule has 13 heteroatoms. The zero-order valence-electron chi connectivity index (χ0n) is 17.6. The van der Waals surface area contributed by atoms with Crippen LogP contribution in [0.2, 0.25) is 0 Å². The van der Waals surface area contributed by atoms with Crippen LogP contribution in [0.25, 0.3) is 11.3 Å². The van der Waals surface area contributed by atoms with Gasteiger partial charge in [0.05, 0.1) is 23.4 Å². The lowest BCUT2D eigenvalue weighted by molar-refractivity contribution is -0.148. The molecule has 2 aromatic rings. The quantitative estimate of drug-likeness (QED) is 0.243. The summed E-state index contributed by atoms with van der Waals surface area (Å²) in [5.41, 5.74) is 16.0. The van der Waals surface area contributed by atoms with Crippen LogP contribution in [-0.4, -0.2) is 46.0 Å². The van der Waals surface area contributed by atoms with Gasteiger partial charge in [-0.15, -0.1) is 4.91 Å². The van der Waals surface area contributed by atoms with Crippen LogP contribution >= 0.6 is 0 Å². The highest BCUT2D eigenvalue weighted by molar-refractivity contribution is 7.83. The summed E-state index contributed by atoms with van der Waals surface area (Å²) in [6.45, 7) is 5.90. The number of carbonyl (C=O) groups excluding carboxylic acids is 3. The van der Waals surface area contributed by atoms with E-state index in [1.165, 1.54) is 25.4 Å². The fourth-order valence-electron chi connectivity index (χ4n) is 1.68. The summed E-state index contributed by atoms with van der Waals surface area (Å²) in [4.78, 5) is 48.7. The van der Waals surface area contributed by atoms with Crippen molar-refractivity contribution in [3.63, 3.8) is 0 Å². The highest BCUT2D eigenvalue weighted by Gasteiger charge is 2.12. The molecule has 0 radical (unpaired) electrons. The largest absolute Gasteiger partial charge is 0.460 e. The van der Waals surface area contributed by atoms with Crippen molar-refractivity contribution in [2.75, 3.05) is 19.4 Å². The molecule has 1 atom stereocenters. The van der Waals surface area contributed by atoms with Gasteiger partial charge in [0.1, 0.15) is 0 Å². The number of nitroso groups, excluding NO2 is 1. The van der Waals surface area contributed by atoms with Crippen LogP contribution in [0.15, 0.2) is 39.9 Å². The van der Waals surface area contributed by atoms with E-state index in [1.807, 2.05) is 13.8 Å². The molecule has 1 unspecified atom stereocenters. The fraction of sp³-hybridized carbons (Fsp3) is 0.278. The SMILES string of the molecule is CC.CCOC(=O)C=O.CN.NC(=O)c1nc(-c2ccc(S(=O)N=O)cc2)cnc1N. The molecule has 31 heavy (non-hydrogen) atoms. The van der Waals surface area contributed by atoms with Crippen LogP contribution in [0.5, 0.6) is 0 Å². The zero-order valence-corrected chi connectivity index (χ0v) is 18.4. The Morgan fingerprint density at radius 1 is 1.19 bits per heavy atom. The maximum Gasteiger partial charge on any atom is 0.371 e. The van der Waals surface area contributed by atoms with E-state index in [-0.39, 0.29) is 29.3 Å². The Hall–Kier alpha value is -3.58. The molecule has 0 fully saturated rings. The monoisotopic (exact) mass is 454 g/mol. The van der Waals surface area contributed by atoms with Crippen LogP contribution in [-0.2, 0) is 25.3 Å². The molecule has 2 rings (SSSR count). The van der Waals surface area contributed by atoms with Gasteiger partial charge in [0.2, 0.25) is 17.3 Å². The van der Waals surface area contributed by atoms with Gasteiger partial charge < -0.3 is 21.9 Å². The second-order valence-electron chi connectivity index (χ2n) is 4.57. The maximum absolute atomic E-state index is 11.2. The summed E-state index contributed by atoms with van der Waals surface area (Å²) >= 11 is 0. The molecule has 0 bridgehead atoms. The van der Waals surface area contributed by atoms with Gasteiger partial charge in [-0.05, 0) is 26.1 Å². The minimum atomic E-state index is -1.93. The lowest BCUT2D eigenvalue weighted by Gasteiger charge is -2.04. The molecular formula is C18H26N6O6S. The van der Waals surface area contributed by atoms with Gasteiger partial charge in [0.15, 0.2) is 11.5 Å². The van der Waals surface area contributed by atoms with Gasteiger partial charge in [0.25, 0.3) is 5.91 Å². The van der Waals surface area contributed by atoms with Gasteiger partial charge >= 0.3 is 5.97 Å². The van der Waals surface area contributed by atoms with E-state index >= 15 is 0 Å². The molecule has 0 spiro atoms. The Kier molecular flexibility index (Phi) is 16.5. The number of hydrogen-bond donors (Lipinski definition) is 3. The third-order valence-electron chi connectivity index (χ3n) is 2.84. The molecule has 0 aliphatic carbocycles. The van der Waals surface area contributed by atoms with Gasteiger partial charge in [-0.2, -0.15) is 0 Å². The van der Waals surface area contributed by atoms with E-state index in [0.717, 1.165) is 0 Å². The third-order valence-corrected chi connectivity index (χ3v) is 3.65. The lowest BCUT2D eigenvalue weighted by atomic mass is 10.1. The minimum Gasteiger partial charge on any atom is -0.460 e. The zero-order chi connectivity index (χ0) is 24.4. The second kappa shape index (κ2) is 17.3. The number of anilines is 1. The molecule has 6 N–H and O–H groups in total. The number of carbonyl (C=O) groups is 3. The first-order valence-corrected chi connectivity index (χ1v) is 9.92. The van der Waals surface area contributed by atoms with Gasteiger partial charge in [-0.1, -0.05) is 26.0 Å². The highest BCUT2D eigenvalue weighted by Crippen LogP contribution is 2.20. The Balaban J connectivity index is 0. The Labute approximate surface area is 182 Å². The van der Waals surface area contributed by atoms with Crippen molar-refractivity contribution in [3.8, 4) is 11.3 Å². The number of esters is 1. The number of rotatable bonds is 6. The first-order chi connectivity index (χ1) is 14.8. The number of benzene rings is 1. The van der Waals surface area contributed by atoms with Crippen LogP contribution in [0.3, 0.4) is 0 Å². The lowest BCUT2D eigenvalue weighted by Crippen LogP contribution is -2.17. The first kappa shape index (κ1) is 29.6. The summed E-state index contributed by atoms with van der Waals surface area (Å²) in [6.07, 6.45) is 1.52. The topological polar surface area (TPSA) is 211 Å². The van der Waals surface area contributed by atoms with Crippen LogP contribution in [0.1, 0.15) is 31.3 Å². The summed E-state index contributed by atoms with van der Waals surface area (Å²) in [7, 11) is -0.431. The number of ether oxygens (including phenoxy) is 1. The summed E-state index contributed by atoms with van der Waals surface area (Å²) in [5.74, 6) is -1.63. The number of nitrogen functional groups attached to an aromatic ring is 1. The summed E-state index contributed by atoms with van der Waals surface area (Å²) in [5, 5.41) is 0. The molecule has 12 nitrogen and oxygen atoms in total. The standard InChI is InChI=1S/C11H9N5O3S.C4H6O3.C2H6.CH5N/c12-10-9(11(13)17)15-8(5-14-10)6-1-3-7(4-2-6)20(19)16-18;1-2-7-4(6)3-5;2*1-2/h1-5H,(H2,12,14)(H2,13,17);3H,2H2,1H3;1-2H3;2H2,1H3. The van der Waals surface area contributed by atoms with E-state index in [4.69, 9.17) is 11.5 Å². The van der Waals surface area contributed by atoms with Crippen molar-refractivity contribution in [3.05, 3.63) is 41.1 Å². The first-order valence-electron chi connectivity index (χ1n) is 8.81. The molecule has 170 valence electrons. The van der Waals surface area contributed by atoms with E-state index in [2.05, 4.69) is 25.0 Å². The molecule has 0 saturated carbocycles. The van der Waals surface area contributed by atoms with Gasteiger partial charge in [-0.25, -0.2) is 19.0 Å². The van der Waals surface area contributed by atoms with Crippen molar-refractivity contribution in [2.24, 2.45) is 16.0 Å². The van der Waals surface area contributed by atoms with E-state index < -0.39 is 22.9 Å². The Morgan fingerprint density at radius 3 is 2.13 bits per heavy atom. The van der Waals surface area contributed by atoms with Crippen LogP contribution in [0, 0.1) is 4.91 Å². The number of hydrogen-bond acceptors (Lipinski definition) is 10. The Bertz CT molecular complexity index is 876. The van der Waals surface area contributed by atoms with Gasteiger partial charge in [0, 0.05) is 10.1 Å². The molecule has 1 amide bonds. The van der Waals surface area contributed by atoms with E-state index in [9.17, 15) is 23.5 Å². The van der Waals surface area contributed by atoms with E-state index in [0.29, 0.717) is 11.3 Å². The number of primary amides is 1. The highest BCUT2D eigenvalue weighted by atomic mass is 32.2. The average molecular weight is 455 g/mol. The molecule has 1 aromatic carbocycles. The molecule has 0 aliphatic heterocycles. The maximum atomic E-state index is 11.2. The molecule has 1 heterocycles. The van der Waals surface area contributed by atoms with Crippen molar-refractivity contribution in [1.29, 1.82) is 0 Å². The molecule has 0 aliphatic rings. The number of amides is 1. The molecular weight excluding hydrogens is 428 g/mol. The number of aldehydes is 1. The van der Waals surface area contributed by atoms with Crippen molar-refractivity contribution >= 4 is 35.0 Å². The van der Waals surface area contributed by atoms with E-state index in [1.54, 1.807) is 19.1 Å². The van der Waals surface area contributed by atoms with Crippen molar-refractivity contribution < 1.29 is 23.3 Å². The smallest absolute Gasteiger partial charge is 0.371 e. The summed E-state index contributed by atoms with van der Waals surface area (Å²) in [6, 6.07) is 6.08. The van der Waals surface area contributed by atoms with Crippen molar-refractivity contribution in [2.45, 2.75) is 25.7 Å². The average Bonchev–Trinajstić information content (AvgIpc) is 2.82. The third kappa shape index (κ3) is 10.7. The van der Waals surface area contributed by atoms with Crippen molar-refractivity contribution in [1.82, 2.24) is 9.97 Å². The van der Waals surface area contributed by atoms with Gasteiger partial charge in [-0.3, -0.25) is 9.59 Å². The van der Waals surface area contributed by atoms with Crippen LogP contribution in [0.4, 0.5) is 5.82 Å². The predicted octanol–water partition coefficient (Wildman–Crippen LogP) is 0.963.